The van der Waals surface area contributed by atoms with Crippen molar-refractivity contribution < 1.29 is 0 Å². The van der Waals surface area contributed by atoms with Gasteiger partial charge in [-0.3, -0.25) is 0 Å². The van der Waals surface area contributed by atoms with Crippen molar-refractivity contribution in [3.8, 4) is 0 Å². The summed E-state index contributed by atoms with van der Waals surface area (Å²) in [4.78, 5) is 18.5. The summed E-state index contributed by atoms with van der Waals surface area (Å²) in [5, 5.41) is 2.23. The van der Waals surface area contributed by atoms with Crippen LogP contribution < -0.4 is 0 Å². The van der Waals surface area contributed by atoms with Gasteiger partial charge in [-0.1, -0.05) is 23.2 Å². The summed E-state index contributed by atoms with van der Waals surface area (Å²) in [6.07, 6.45) is 0. The van der Waals surface area contributed by atoms with E-state index in [0.29, 0.717) is 20.7 Å². The molecule has 120 valence electrons. The molecule has 0 bridgehead atoms. The summed E-state index contributed by atoms with van der Waals surface area (Å²) in [6.45, 7) is 0. The first-order chi connectivity index (χ1) is 11.4. The van der Waals surface area contributed by atoms with Crippen LogP contribution >= 0.6 is 100 Å². The maximum atomic E-state index is 6.18. The van der Waals surface area contributed by atoms with E-state index in [1.165, 1.54) is 0 Å². The second-order valence-electron chi connectivity index (χ2n) is 4.82. The molecule has 0 saturated carbocycles. The van der Waals surface area contributed by atoms with E-state index in [0.717, 1.165) is 33.7 Å². The molecular weight excluding hydrogens is 709 g/mol. The Hall–Kier alpha value is 0.380. The molecule has 0 aliphatic heterocycles. The molecule has 0 spiro atoms. The third-order valence-electron chi connectivity index (χ3n) is 3.42. The minimum atomic E-state index is 0.235. The smallest absolute Gasteiger partial charge is 0.148 e. The van der Waals surface area contributed by atoms with Crippen molar-refractivity contribution in [3.63, 3.8) is 0 Å². The van der Waals surface area contributed by atoms with Crippen molar-refractivity contribution in [1.82, 2.24) is 19.9 Å². The summed E-state index contributed by atoms with van der Waals surface area (Å²) in [7, 11) is 0. The Kier molecular flexibility index (Phi) is 4.83. The molecule has 0 aliphatic carbocycles. The van der Waals surface area contributed by atoms with Crippen LogP contribution in [0, 0.1) is 7.40 Å². The number of rotatable bonds is 0. The van der Waals surface area contributed by atoms with Crippen LogP contribution in [0.25, 0.3) is 32.8 Å². The quantitative estimate of drug-likeness (QED) is 0.115. The molecule has 3 aromatic heterocycles. The fourth-order valence-corrected chi connectivity index (χ4v) is 4.05. The fraction of sp³-hybridized carbons (Fsp3) is 0. The Balaban J connectivity index is 2.40. The molecule has 0 saturated heterocycles. The predicted octanol–water partition coefficient (Wildman–Crippen LogP) is 6.77. The molecule has 0 aliphatic rings. The molecule has 0 N–H and O–H groups in total. The number of fused-ring (bicyclic) bond motifs is 6. The molecule has 4 rings (SSSR count). The molecule has 10 heteroatoms. The van der Waals surface area contributed by atoms with E-state index < -0.39 is 0 Å². The molecule has 1 aromatic carbocycles. The molecule has 0 radical (unpaired) electrons. The van der Waals surface area contributed by atoms with Gasteiger partial charge in [0.2, 0.25) is 0 Å². The second-order valence-corrected chi connectivity index (χ2v) is 9.23. The van der Waals surface area contributed by atoms with E-state index in [9.17, 15) is 0 Å². The average molecular weight is 711 g/mol. The monoisotopic (exact) mass is 708 g/mol. The molecular formula is C14H2Br2Cl2I2N4. The van der Waals surface area contributed by atoms with Crippen molar-refractivity contribution in [2.75, 3.05) is 0 Å². The largest absolute Gasteiger partial charge is 0.237 e. The van der Waals surface area contributed by atoms with Crippen LogP contribution in [0.15, 0.2) is 21.2 Å². The maximum absolute atomic E-state index is 6.18. The summed E-state index contributed by atoms with van der Waals surface area (Å²) in [5.41, 5.74) is 2.82. The third-order valence-corrected chi connectivity index (χ3v) is 8.37. The fourth-order valence-electron chi connectivity index (χ4n) is 2.42. The van der Waals surface area contributed by atoms with Crippen molar-refractivity contribution in [1.29, 1.82) is 0 Å². The van der Waals surface area contributed by atoms with E-state index in [1.807, 2.05) is 6.07 Å². The van der Waals surface area contributed by atoms with E-state index in [2.05, 4.69) is 87.0 Å². The molecule has 0 unspecified atom stereocenters. The molecule has 0 fully saturated rings. The van der Waals surface area contributed by atoms with Crippen LogP contribution in [0.5, 0.6) is 0 Å². The molecule has 0 amide bonds. The van der Waals surface area contributed by atoms with Crippen LogP contribution in [0.2, 0.25) is 10.2 Å². The third kappa shape index (κ3) is 2.81. The molecule has 3 heterocycles. The lowest BCUT2D eigenvalue weighted by molar-refractivity contribution is 1.20. The number of nitrogens with zero attached hydrogens (tertiary/aromatic N) is 4. The topological polar surface area (TPSA) is 51.6 Å². The number of hydrogen-bond donors (Lipinski definition) is 0. The van der Waals surface area contributed by atoms with Gasteiger partial charge in [0, 0.05) is 10.8 Å². The lowest BCUT2D eigenvalue weighted by atomic mass is 10.1. The van der Waals surface area contributed by atoms with Gasteiger partial charge in [-0.2, -0.15) is 0 Å². The predicted molar refractivity (Wildman–Crippen MR) is 121 cm³/mol. The van der Waals surface area contributed by atoms with Crippen LogP contribution in [-0.2, 0) is 0 Å². The Labute approximate surface area is 189 Å². The van der Waals surface area contributed by atoms with Crippen molar-refractivity contribution in [2.24, 2.45) is 0 Å². The summed E-state index contributed by atoms with van der Waals surface area (Å²) < 4.78 is 3.15. The minimum absolute atomic E-state index is 0.235. The van der Waals surface area contributed by atoms with Gasteiger partial charge in [0.05, 0.1) is 9.50 Å². The highest BCUT2D eigenvalue weighted by atomic mass is 127. The normalized spacial score (nSPS) is 11.8. The molecule has 24 heavy (non-hydrogen) atoms. The van der Waals surface area contributed by atoms with E-state index in [1.54, 1.807) is 6.07 Å². The second kappa shape index (κ2) is 6.52. The van der Waals surface area contributed by atoms with Gasteiger partial charge in [0.25, 0.3) is 0 Å². The number of pyridine rings is 2. The molecule has 4 aromatic rings. The standard InChI is InChI=1S/C14H2Br2Cl2I2N4/c15-5-1-3-7(21-11(5)16)8-4(2-6(17)12(18)22-8)10-9(3)23-13(19)14(20)24-10/h1-2H. The van der Waals surface area contributed by atoms with Crippen LogP contribution in [0.3, 0.4) is 0 Å². The van der Waals surface area contributed by atoms with Gasteiger partial charge in [-0.15, -0.1) is 0 Å². The maximum Gasteiger partial charge on any atom is 0.148 e. The summed E-state index contributed by atoms with van der Waals surface area (Å²) in [5.74, 6) is 0. The van der Waals surface area contributed by atoms with Crippen LogP contribution in [0.4, 0.5) is 0 Å². The number of benzene rings is 1. The number of aromatic nitrogens is 4. The zero-order valence-corrected chi connectivity index (χ0v) is 20.2. The molecule has 4 nitrogen and oxygen atoms in total. The van der Waals surface area contributed by atoms with Gasteiger partial charge in [0.15, 0.2) is 0 Å². The number of hydrogen-bond acceptors (Lipinski definition) is 4. The van der Waals surface area contributed by atoms with Crippen molar-refractivity contribution in [2.45, 2.75) is 0 Å². The van der Waals surface area contributed by atoms with Gasteiger partial charge in [-0.05, 0) is 89.2 Å². The zero-order valence-electron chi connectivity index (χ0n) is 11.2. The average Bonchev–Trinajstić information content (AvgIpc) is 2.53. The highest BCUT2D eigenvalue weighted by molar-refractivity contribution is 14.1. The van der Waals surface area contributed by atoms with Gasteiger partial charge in [0.1, 0.15) is 39.2 Å². The van der Waals surface area contributed by atoms with E-state index >= 15 is 0 Å². The van der Waals surface area contributed by atoms with Gasteiger partial charge < -0.3 is 0 Å². The Morgan fingerprint density at radius 3 is 1.88 bits per heavy atom. The van der Waals surface area contributed by atoms with Crippen LogP contribution in [-0.4, -0.2) is 19.9 Å². The first-order valence-electron chi connectivity index (χ1n) is 6.33. The minimum Gasteiger partial charge on any atom is -0.237 e. The first-order valence-corrected chi connectivity index (χ1v) is 10.8. The zero-order chi connectivity index (χ0) is 17.2. The lowest BCUT2D eigenvalue weighted by Crippen LogP contribution is -1.98. The molecule has 0 atom stereocenters. The summed E-state index contributed by atoms with van der Waals surface area (Å²) in [6, 6.07) is 3.72. The number of halogens is 6. The lowest BCUT2D eigenvalue weighted by Gasteiger charge is -2.11. The Bertz CT molecular complexity index is 919. The van der Waals surface area contributed by atoms with E-state index in [4.69, 9.17) is 33.2 Å². The highest BCUT2D eigenvalue weighted by Crippen LogP contribution is 2.37. The van der Waals surface area contributed by atoms with Crippen molar-refractivity contribution in [3.05, 3.63) is 38.8 Å². The van der Waals surface area contributed by atoms with Gasteiger partial charge >= 0.3 is 0 Å². The summed E-state index contributed by atoms with van der Waals surface area (Å²) >= 11 is 23.6. The Morgan fingerprint density at radius 2 is 1.25 bits per heavy atom. The SMILES string of the molecule is Clc1cc2c(nc1Cl)c1nc(Br)c(Br)cc1c1nc(I)c(I)nc21. The van der Waals surface area contributed by atoms with Gasteiger partial charge in [-0.25, -0.2) is 19.9 Å². The van der Waals surface area contributed by atoms with Crippen LogP contribution in [0.1, 0.15) is 0 Å². The Morgan fingerprint density at radius 1 is 0.750 bits per heavy atom. The van der Waals surface area contributed by atoms with E-state index in [-0.39, 0.29) is 5.15 Å². The highest BCUT2D eigenvalue weighted by Gasteiger charge is 2.18. The first kappa shape index (κ1) is 17.8. The van der Waals surface area contributed by atoms with Crippen molar-refractivity contribution >= 4 is 133 Å².